The summed E-state index contributed by atoms with van der Waals surface area (Å²) >= 11 is 1.31. The number of carbonyl (C=O) groups excluding carboxylic acids is 1. The second kappa shape index (κ2) is 6.34. The van der Waals surface area contributed by atoms with Gasteiger partial charge in [0.05, 0.1) is 0 Å². The van der Waals surface area contributed by atoms with Crippen molar-refractivity contribution in [2.24, 2.45) is 0 Å². The van der Waals surface area contributed by atoms with Crippen LogP contribution in [0.15, 0.2) is 41.8 Å². The minimum Gasteiger partial charge on any atom is -0.479 e. The summed E-state index contributed by atoms with van der Waals surface area (Å²) in [6, 6.07) is 9.68. The Morgan fingerprint density at radius 1 is 1.25 bits per heavy atom. The Morgan fingerprint density at radius 2 is 2.00 bits per heavy atom. The molecule has 1 aromatic carbocycles. The van der Waals surface area contributed by atoms with Crippen molar-refractivity contribution in [1.29, 1.82) is 0 Å². The van der Waals surface area contributed by atoms with Gasteiger partial charge in [0.1, 0.15) is 0 Å². The molecule has 104 valence electrons. The standard InChI is InChI=1S/C15H15NO3S/c1-2-10-6-3-4-7-11(10)14(17)16-13(15(18)19)12-8-5-9-20-12/h3-9,13H,2H2,1H3,(H,16,17)(H,18,19). The van der Waals surface area contributed by atoms with Crippen LogP contribution >= 0.6 is 11.3 Å². The van der Waals surface area contributed by atoms with Gasteiger partial charge in [-0.3, -0.25) is 4.79 Å². The summed E-state index contributed by atoms with van der Waals surface area (Å²) in [6.45, 7) is 1.96. The number of carboxylic acid groups (broad SMARTS) is 1. The van der Waals surface area contributed by atoms with Crippen LogP contribution in [-0.4, -0.2) is 17.0 Å². The zero-order chi connectivity index (χ0) is 14.5. The zero-order valence-electron chi connectivity index (χ0n) is 11.0. The van der Waals surface area contributed by atoms with Gasteiger partial charge in [0.25, 0.3) is 5.91 Å². The molecule has 0 radical (unpaired) electrons. The van der Waals surface area contributed by atoms with E-state index in [0.29, 0.717) is 10.4 Å². The highest BCUT2D eigenvalue weighted by atomic mass is 32.1. The predicted molar refractivity (Wildman–Crippen MR) is 78.0 cm³/mol. The average Bonchev–Trinajstić information content (AvgIpc) is 2.97. The number of thiophene rings is 1. The molecule has 1 atom stereocenters. The fraction of sp³-hybridized carbons (Fsp3) is 0.200. The molecule has 0 spiro atoms. The number of carboxylic acids is 1. The van der Waals surface area contributed by atoms with Crippen LogP contribution in [0.2, 0.25) is 0 Å². The summed E-state index contributed by atoms with van der Waals surface area (Å²) in [6.07, 6.45) is 0.723. The van der Waals surface area contributed by atoms with Gasteiger partial charge in [-0.1, -0.05) is 31.2 Å². The van der Waals surface area contributed by atoms with Crippen molar-refractivity contribution in [3.63, 3.8) is 0 Å². The van der Waals surface area contributed by atoms with E-state index in [2.05, 4.69) is 5.32 Å². The lowest BCUT2D eigenvalue weighted by molar-refractivity contribution is -0.139. The van der Waals surface area contributed by atoms with Crippen molar-refractivity contribution in [2.45, 2.75) is 19.4 Å². The third kappa shape index (κ3) is 3.05. The van der Waals surface area contributed by atoms with Crippen molar-refractivity contribution in [3.05, 3.63) is 57.8 Å². The summed E-state index contributed by atoms with van der Waals surface area (Å²) in [5.41, 5.74) is 1.43. The molecule has 20 heavy (non-hydrogen) atoms. The van der Waals surface area contributed by atoms with Crippen molar-refractivity contribution < 1.29 is 14.7 Å². The van der Waals surface area contributed by atoms with Gasteiger partial charge >= 0.3 is 5.97 Å². The minimum absolute atomic E-state index is 0.358. The van der Waals surface area contributed by atoms with Gasteiger partial charge in [-0.2, -0.15) is 0 Å². The molecule has 1 amide bonds. The Bertz CT molecular complexity index is 607. The molecule has 1 unspecified atom stereocenters. The molecule has 5 heteroatoms. The van der Waals surface area contributed by atoms with Crippen LogP contribution in [0.4, 0.5) is 0 Å². The van der Waals surface area contributed by atoms with Crippen LogP contribution < -0.4 is 5.32 Å². The lowest BCUT2D eigenvalue weighted by atomic mass is 10.0. The molecule has 0 saturated carbocycles. The molecule has 0 aliphatic rings. The number of amides is 1. The van der Waals surface area contributed by atoms with E-state index >= 15 is 0 Å². The fourth-order valence-corrected chi connectivity index (χ4v) is 2.74. The van der Waals surface area contributed by atoms with Crippen molar-refractivity contribution in [2.75, 3.05) is 0 Å². The van der Waals surface area contributed by atoms with Gasteiger partial charge in [0.2, 0.25) is 0 Å². The van der Waals surface area contributed by atoms with Crippen LogP contribution in [-0.2, 0) is 11.2 Å². The Kier molecular flexibility index (Phi) is 4.53. The SMILES string of the molecule is CCc1ccccc1C(=O)NC(C(=O)O)c1cccs1. The molecule has 0 bridgehead atoms. The van der Waals surface area contributed by atoms with Crippen LogP contribution in [0.5, 0.6) is 0 Å². The second-order valence-electron chi connectivity index (χ2n) is 4.27. The highest BCUT2D eigenvalue weighted by molar-refractivity contribution is 7.10. The van der Waals surface area contributed by atoms with Crippen LogP contribution in [0.25, 0.3) is 0 Å². The molecule has 0 aliphatic heterocycles. The smallest absolute Gasteiger partial charge is 0.331 e. The lowest BCUT2D eigenvalue weighted by Crippen LogP contribution is -2.33. The van der Waals surface area contributed by atoms with E-state index < -0.39 is 12.0 Å². The molecule has 0 aliphatic carbocycles. The molecular weight excluding hydrogens is 274 g/mol. The van der Waals surface area contributed by atoms with E-state index in [1.165, 1.54) is 11.3 Å². The molecule has 2 aromatic rings. The first-order valence-corrected chi connectivity index (χ1v) is 7.16. The number of benzene rings is 1. The predicted octanol–water partition coefficient (Wildman–Crippen LogP) is 2.87. The summed E-state index contributed by atoms with van der Waals surface area (Å²) < 4.78 is 0. The zero-order valence-corrected chi connectivity index (χ0v) is 11.8. The van der Waals surface area contributed by atoms with E-state index in [9.17, 15) is 14.7 Å². The van der Waals surface area contributed by atoms with E-state index in [-0.39, 0.29) is 5.91 Å². The summed E-state index contributed by atoms with van der Waals surface area (Å²) in [5.74, 6) is -1.42. The largest absolute Gasteiger partial charge is 0.479 e. The molecule has 1 heterocycles. The number of hydrogen-bond donors (Lipinski definition) is 2. The van der Waals surface area contributed by atoms with Gasteiger partial charge in [0.15, 0.2) is 6.04 Å². The van der Waals surface area contributed by atoms with Gasteiger partial charge in [-0.15, -0.1) is 11.3 Å². The fourth-order valence-electron chi connectivity index (χ4n) is 1.97. The lowest BCUT2D eigenvalue weighted by Gasteiger charge is -2.14. The van der Waals surface area contributed by atoms with E-state index in [1.54, 1.807) is 29.6 Å². The maximum atomic E-state index is 12.3. The minimum atomic E-state index is -1.06. The number of nitrogens with one attached hydrogen (secondary N) is 1. The first-order valence-electron chi connectivity index (χ1n) is 6.28. The third-order valence-electron chi connectivity index (χ3n) is 2.99. The summed E-state index contributed by atoms with van der Waals surface area (Å²) in [5, 5.41) is 13.6. The first kappa shape index (κ1) is 14.3. The van der Waals surface area contributed by atoms with Crippen molar-refractivity contribution in [1.82, 2.24) is 5.32 Å². The Morgan fingerprint density at radius 3 is 2.60 bits per heavy atom. The maximum absolute atomic E-state index is 12.3. The highest BCUT2D eigenvalue weighted by Crippen LogP contribution is 2.20. The van der Waals surface area contributed by atoms with Crippen molar-refractivity contribution >= 4 is 23.2 Å². The quantitative estimate of drug-likeness (QED) is 0.889. The van der Waals surface area contributed by atoms with Crippen LogP contribution in [0.3, 0.4) is 0 Å². The molecule has 1 aromatic heterocycles. The second-order valence-corrected chi connectivity index (χ2v) is 5.25. The Hall–Kier alpha value is -2.14. The van der Waals surface area contributed by atoms with Gasteiger partial charge in [0, 0.05) is 10.4 Å². The highest BCUT2D eigenvalue weighted by Gasteiger charge is 2.24. The molecule has 0 saturated heterocycles. The summed E-state index contributed by atoms with van der Waals surface area (Å²) in [4.78, 5) is 24.2. The third-order valence-corrected chi connectivity index (χ3v) is 3.93. The van der Waals surface area contributed by atoms with E-state index in [4.69, 9.17) is 0 Å². The van der Waals surface area contributed by atoms with E-state index in [1.807, 2.05) is 19.1 Å². The number of carbonyl (C=O) groups is 2. The number of aryl methyl sites for hydroxylation is 1. The van der Waals surface area contributed by atoms with Crippen LogP contribution in [0.1, 0.15) is 33.8 Å². The normalized spacial score (nSPS) is 11.8. The summed E-state index contributed by atoms with van der Waals surface area (Å²) in [7, 11) is 0. The Labute approximate surface area is 121 Å². The molecule has 2 N–H and O–H groups in total. The monoisotopic (exact) mass is 289 g/mol. The van der Waals surface area contributed by atoms with Crippen LogP contribution in [0, 0.1) is 0 Å². The van der Waals surface area contributed by atoms with Gasteiger partial charge < -0.3 is 10.4 Å². The first-order chi connectivity index (χ1) is 9.63. The molecule has 2 rings (SSSR count). The molecular formula is C15H15NO3S. The van der Waals surface area contributed by atoms with Crippen molar-refractivity contribution in [3.8, 4) is 0 Å². The number of rotatable bonds is 5. The maximum Gasteiger partial charge on any atom is 0.331 e. The molecule has 4 nitrogen and oxygen atoms in total. The van der Waals surface area contributed by atoms with Gasteiger partial charge in [-0.05, 0) is 29.5 Å². The Balaban J connectivity index is 2.23. The average molecular weight is 289 g/mol. The topological polar surface area (TPSA) is 66.4 Å². The molecule has 0 fully saturated rings. The van der Waals surface area contributed by atoms with Gasteiger partial charge in [-0.25, -0.2) is 4.79 Å². The van der Waals surface area contributed by atoms with E-state index in [0.717, 1.165) is 12.0 Å². The number of aliphatic carboxylic acids is 1. The number of hydrogen-bond acceptors (Lipinski definition) is 3.